The maximum atomic E-state index is 13.4. The average Bonchev–Trinajstić information content (AvgIpc) is 3.44. The van der Waals surface area contributed by atoms with E-state index in [4.69, 9.17) is 4.42 Å². The van der Waals surface area contributed by atoms with Gasteiger partial charge in [-0.05, 0) is 43.4 Å². The molecule has 188 valence electrons. The van der Waals surface area contributed by atoms with Crippen molar-refractivity contribution in [3.05, 3.63) is 72.8 Å². The maximum absolute atomic E-state index is 13.4. The van der Waals surface area contributed by atoms with Crippen molar-refractivity contribution in [3.8, 4) is 11.3 Å². The van der Waals surface area contributed by atoms with Crippen molar-refractivity contribution < 1.29 is 22.4 Å². The fourth-order valence-electron chi connectivity index (χ4n) is 4.99. The summed E-state index contributed by atoms with van der Waals surface area (Å²) in [5, 5.41) is 2.86. The second-order valence-electron chi connectivity index (χ2n) is 9.26. The van der Waals surface area contributed by atoms with Gasteiger partial charge in [0.25, 0.3) is 0 Å². The van der Waals surface area contributed by atoms with Crippen LogP contribution in [0.1, 0.15) is 37.3 Å². The van der Waals surface area contributed by atoms with Gasteiger partial charge < -0.3 is 14.6 Å². The van der Waals surface area contributed by atoms with Gasteiger partial charge in [-0.15, -0.1) is 0 Å². The van der Waals surface area contributed by atoms with E-state index in [9.17, 15) is 18.0 Å². The number of piperazine rings is 1. The van der Waals surface area contributed by atoms with Crippen LogP contribution >= 0.6 is 0 Å². The first kappa shape index (κ1) is 24.2. The third-order valence-electron chi connectivity index (χ3n) is 6.94. The quantitative estimate of drug-likeness (QED) is 0.528. The van der Waals surface area contributed by atoms with Gasteiger partial charge >= 0.3 is 0 Å². The zero-order valence-electron chi connectivity index (χ0n) is 19.7. The molecule has 2 N–H and O–H groups in total. The van der Waals surface area contributed by atoms with Crippen LogP contribution in [-0.2, 0) is 19.6 Å². The molecule has 3 aromatic rings. The third kappa shape index (κ3) is 5.19. The molecule has 2 fully saturated rings. The van der Waals surface area contributed by atoms with Crippen LogP contribution in [0, 0.1) is 5.92 Å². The van der Waals surface area contributed by atoms with E-state index in [2.05, 4.69) is 15.0 Å². The van der Waals surface area contributed by atoms with Gasteiger partial charge in [-0.2, -0.15) is 0 Å². The van der Waals surface area contributed by atoms with Gasteiger partial charge in [-0.25, -0.2) is 18.1 Å². The summed E-state index contributed by atoms with van der Waals surface area (Å²) in [5.41, 5.74) is 2.39. The molecule has 2 amide bonds. The highest BCUT2D eigenvalue weighted by atomic mass is 32.2. The summed E-state index contributed by atoms with van der Waals surface area (Å²) in [6, 6.07) is 15.7. The molecule has 36 heavy (non-hydrogen) atoms. The Balaban J connectivity index is 1.20. The standard InChI is InChI=1S/C26H28N4O5S/c31-25-15-30(24(14-27-25)19-4-2-1-3-5-19)26(32)20-6-10-21(11-7-20)29-36(33,34)22-12-8-18(9-13-22)23-16-35-17-28-23/h1-5,8-9,12-13,16-17,20-21,24,29H,6-7,10-11,14-15H2,(H,27,31)/t20?,21?,24-/m1/s1. The van der Waals surface area contributed by atoms with E-state index in [1.54, 1.807) is 29.2 Å². The van der Waals surface area contributed by atoms with Gasteiger partial charge in [0.2, 0.25) is 21.8 Å². The monoisotopic (exact) mass is 508 g/mol. The minimum Gasteiger partial charge on any atom is -0.451 e. The Morgan fingerprint density at radius 2 is 1.75 bits per heavy atom. The number of hydrogen-bond donors (Lipinski definition) is 2. The Morgan fingerprint density at radius 1 is 1.03 bits per heavy atom. The van der Waals surface area contributed by atoms with E-state index in [1.807, 2.05) is 30.3 Å². The Hall–Kier alpha value is -3.50. The highest BCUT2D eigenvalue weighted by Crippen LogP contribution is 2.31. The van der Waals surface area contributed by atoms with Crippen LogP contribution in [0.5, 0.6) is 0 Å². The highest BCUT2D eigenvalue weighted by molar-refractivity contribution is 7.89. The summed E-state index contributed by atoms with van der Waals surface area (Å²) in [6.45, 7) is 0.425. The summed E-state index contributed by atoms with van der Waals surface area (Å²) in [4.78, 5) is 31.4. The number of rotatable bonds is 6. The molecule has 0 radical (unpaired) electrons. The molecule has 2 heterocycles. The summed E-state index contributed by atoms with van der Waals surface area (Å²) >= 11 is 0. The molecule has 1 saturated carbocycles. The molecular formula is C26H28N4O5S. The van der Waals surface area contributed by atoms with E-state index in [0.29, 0.717) is 37.9 Å². The Morgan fingerprint density at radius 3 is 2.42 bits per heavy atom. The van der Waals surface area contributed by atoms with Crippen LogP contribution in [0.25, 0.3) is 11.3 Å². The third-order valence-corrected chi connectivity index (χ3v) is 8.48. The number of sulfonamides is 1. The fourth-order valence-corrected chi connectivity index (χ4v) is 6.29. The minimum absolute atomic E-state index is 0.0370. The average molecular weight is 509 g/mol. The number of oxazole rings is 1. The van der Waals surface area contributed by atoms with Crippen molar-refractivity contribution in [1.82, 2.24) is 19.9 Å². The normalized spacial score (nSPS) is 22.7. The Kier molecular flexibility index (Phi) is 6.88. The molecule has 10 heteroatoms. The number of aromatic nitrogens is 1. The Bertz CT molecular complexity index is 1300. The molecule has 2 aliphatic rings. The van der Waals surface area contributed by atoms with Crippen LogP contribution < -0.4 is 10.0 Å². The lowest BCUT2D eigenvalue weighted by Crippen LogP contribution is -2.54. The number of carbonyl (C=O) groups excluding carboxylic acids is 2. The number of benzene rings is 2. The lowest BCUT2D eigenvalue weighted by atomic mass is 9.85. The molecule has 1 aliphatic carbocycles. The summed E-state index contributed by atoms with van der Waals surface area (Å²) in [6.07, 6.45) is 5.07. The smallest absolute Gasteiger partial charge is 0.240 e. The van der Waals surface area contributed by atoms with Gasteiger partial charge in [0.15, 0.2) is 6.39 Å². The van der Waals surface area contributed by atoms with Crippen molar-refractivity contribution in [2.45, 2.75) is 42.7 Å². The second-order valence-corrected chi connectivity index (χ2v) is 11.0. The molecule has 1 saturated heterocycles. The molecular weight excluding hydrogens is 480 g/mol. The number of nitrogens with zero attached hydrogens (tertiary/aromatic N) is 2. The van der Waals surface area contributed by atoms with Crippen LogP contribution in [-0.4, -0.2) is 49.2 Å². The van der Waals surface area contributed by atoms with Crippen molar-refractivity contribution in [1.29, 1.82) is 0 Å². The van der Waals surface area contributed by atoms with E-state index in [-0.39, 0.29) is 41.3 Å². The molecule has 0 bridgehead atoms. The van der Waals surface area contributed by atoms with Crippen molar-refractivity contribution in [2.75, 3.05) is 13.1 Å². The topological polar surface area (TPSA) is 122 Å². The van der Waals surface area contributed by atoms with Gasteiger partial charge in [-0.3, -0.25) is 9.59 Å². The minimum atomic E-state index is -3.70. The Labute approximate surface area is 210 Å². The predicted octanol–water partition coefficient (Wildman–Crippen LogP) is 2.88. The van der Waals surface area contributed by atoms with Crippen LogP contribution in [0.15, 0.2) is 76.6 Å². The van der Waals surface area contributed by atoms with Crippen LogP contribution in [0.4, 0.5) is 0 Å². The van der Waals surface area contributed by atoms with Gasteiger partial charge in [0.05, 0.1) is 10.9 Å². The summed E-state index contributed by atoms with van der Waals surface area (Å²) < 4.78 is 33.6. The molecule has 2 aromatic carbocycles. The van der Waals surface area contributed by atoms with Gasteiger partial charge in [-0.1, -0.05) is 42.5 Å². The molecule has 1 aliphatic heterocycles. The predicted molar refractivity (Wildman–Crippen MR) is 132 cm³/mol. The largest absolute Gasteiger partial charge is 0.451 e. The SMILES string of the molecule is O=C1CN(C(=O)C2CCC(NS(=O)(=O)c3ccc(-c4cocn4)cc3)CC2)[C@@H](c2ccccc2)CN1. The van der Waals surface area contributed by atoms with Crippen LogP contribution in [0.2, 0.25) is 0 Å². The highest BCUT2D eigenvalue weighted by Gasteiger charge is 2.37. The van der Waals surface area contributed by atoms with Crippen molar-refractivity contribution in [3.63, 3.8) is 0 Å². The number of carbonyl (C=O) groups is 2. The lowest BCUT2D eigenvalue weighted by molar-refractivity contribution is -0.145. The van der Waals surface area contributed by atoms with E-state index >= 15 is 0 Å². The lowest BCUT2D eigenvalue weighted by Gasteiger charge is -2.39. The number of nitrogens with one attached hydrogen (secondary N) is 2. The first-order valence-electron chi connectivity index (χ1n) is 12.0. The van der Waals surface area contributed by atoms with E-state index < -0.39 is 10.0 Å². The first-order chi connectivity index (χ1) is 17.4. The number of hydrogen-bond acceptors (Lipinski definition) is 6. The summed E-state index contributed by atoms with van der Waals surface area (Å²) in [7, 11) is -3.70. The molecule has 0 unspecified atom stereocenters. The maximum Gasteiger partial charge on any atom is 0.240 e. The molecule has 1 aromatic heterocycles. The van der Waals surface area contributed by atoms with Gasteiger partial charge in [0.1, 0.15) is 18.5 Å². The fraction of sp³-hybridized carbons (Fsp3) is 0.346. The van der Waals surface area contributed by atoms with Crippen molar-refractivity contribution >= 4 is 21.8 Å². The molecule has 9 nitrogen and oxygen atoms in total. The zero-order chi connectivity index (χ0) is 25.1. The zero-order valence-corrected chi connectivity index (χ0v) is 20.5. The second kappa shape index (κ2) is 10.2. The van der Waals surface area contributed by atoms with E-state index in [0.717, 1.165) is 11.1 Å². The summed E-state index contributed by atoms with van der Waals surface area (Å²) in [5.74, 6) is -0.431. The van der Waals surface area contributed by atoms with E-state index in [1.165, 1.54) is 12.7 Å². The number of amides is 2. The van der Waals surface area contributed by atoms with Gasteiger partial charge in [0, 0.05) is 24.1 Å². The van der Waals surface area contributed by atoms with Crippen LogP contribution in [0.3, 0.4) is 0 Å². The van der Waals surface area contributed by atoms with Crippen molar-refractivity contribution in [2.24, 2.45) is 5.92 Å². The molecule has 0 spiro atoms. The molecule has 1 atom stereocenters. The molecule has 5 rings (SSSR count). The first-order valence-corrected chi connectivity index (χ1v) is 13.5.